The summed E-state index contributed by atoms with van der Waals surface area (Å²) in [5.41, 5.74) is 1.05. The molecule has 8 nitrogen and oxygen atoms in total. The lowest BCUT2D eigenvalue weighted by atomic mass is 9.93. The van der Waals surface area contributed by atoms with Gasteiger partial charge < -0.3 is 29.0 Å². The molecule has 1 aliphatic rings. The highest BCUT2D eigenvalue weighted by Crippen LogP contribution is 2.37. The first-order valence-corrected chi connectivity index (χ1v) is 12.8. The summed E-state index contributed by atoms with van der Waals surface area (Å²) in [6, 6.07) is 16.9. The van der Waals surface area contributed by atoms with Crippen LogP contribution in [0, 0.1) is 0 Å². The van der Waals surface area contributed by atoms with Crippen LogP contribution in [-0.4, -0.2) is 48.1 Å². The molecule has 0 radical (unpaired) electrons. The van der Waals surface area contributed by atoms with Crippen molar-refractivity contribution in [3.63, 3.8) is 0 Å². The number of carbonyl (C=O) groups is 2. The third kappa shape index (κ3) is 4.29. The van der Waals surface area contributed by atoms with Crippen molar-refractivity contribution >= 4 is 33.4 Å². The van der Waals surface area contributed by atoms with Crippen molar-refractivity contribution in [2.75, 3.05) is 21.3 Å². The second-order valence-corrected chi connectivity index (χ2v) is 10.0. The zero-order valence-corrected chi connectivity index (χ0v) is 22.1. The van der Waals surface area contributed by atoms with Crippen LogP contribution in [0.25, 0.3) is 10.2 Å². The fraction of sp³-hybridized carbons (Fsp3) is 0.286. The summed E-state index contributed by atoms with van der Waals surface area (Å²) in [5, 5.41) is 6.05. The molecule has 1 atom stereocenters. The Balaban J connectivity index is 1.52. The second-order valence-electron chi connectivity index (χ2n) is 9.13. The topological polar surface area (TPSA) is 82.0 Å². The van der Waals surface area contributed by atoms with Gasteiger partial charge in [0.05, 0.1) is 34.4 Å². The van der Waals surface area contributed by atoms with Gasteiger partial charge in [-0.25, -0.2) is 0 Å². The molecule has 4 aromatic rings. The summed E-state index contributed by atoms with van der Waals surface area (Å²) in [6.07, 6.45) is 0. The molecule has 0 bridgehead atoms. The van der Waals surface area contributed by atoms with Crippen molar-refractivity contribution in [2.45, 2.75) is 32.1 Å². The average Bonchev–Trinajstić information content (AvgIpc) is 3.52. The van der Waals surface area contributed by atoms with Gasteiger partial charge in [0, 0.05) is 29.1 Å². The van der Waals surface area contributed by atoms with Crippen molar-refractivity contribution in [3.8, 4) is 17.2 Å². The Morgan fingerprint density at radius 1 is 1.00 bits per heavy atom. The molecule has 3 heterocycles. The maximum absolute atomic E-state index is 14.0. The van der Waals surface area contributed by atoms with E-state index in [2.05, 4.69) is 5.32 Å². The van der Waals surface area contributed by atoms with Crippen LogP contribution in [0.3, 0.4) is 0 Å². The molecule has 0 spiro atoms. The molecule has 0 fully saturated rings. The minimum Gasteiger partial charge on any atom is -0.497 e. The highest BCUT2D eigenvalue weighted by atomic mass is 32.1. The summed E-state index contributed by atoms with van der Waals surface area (Å²) in [5.74, 6) is 1.48. The highest BCUT2D eigenvalue weighted by Gasteiger charge is 2.48. The lowest BCUT2D eigenvalue weighted by Gasteiger charge is -2.44. The van der Waals surface area contributed by atoms with Gasteiger partial charge in [-0.1, -0.05) is 18.2 Å². The molecule has 9 heteroatoms. The number of para-hydroxylation sites is 1. The van der Waals surface area contributed by atoms with E-state index in [9.17, 15) is 9.59 Å². The smallest absolute Gasteiger partial charge is 0.271 e. The molecule has 0 aliphatic carbocycles. The zero-order chi connectivity index (χ0) is 26.2. The Kier molecular flexibility index (Phi) is 6.55. The van der Waals surface area contributed by atoms with Gasteiger partial charge in [0.25, 0.3) is 5.91 Å². The number of methoxy groups -OCH3 is 3. The molecule has 192 valence electrons. The summed E-state index contributed by atoms with van der Waals surface area (Å²) in [4.78, 5) is 30.5. The Morgan fingerprint density at radius 3 is 2.54 bits per heavy atom. The van der Waals surface area contributed by atoms with Crippen LogP contribution < -0.4 is 19.5 Å². The number of aromatic nitrogens is 1. The maximum Gasteiger partial charge on any atom is 0.271 e. The van der Waals surface area contributed by atoms with Crippen LogP contribution in [-0.2, 0) is 24.4 Å². The molecule has 2 amide bonds. The normalized spacial score (nSPS) is 17.0. The lowest BCUT2D eigenvalue weighted by molar-refractivity contribution is -0.133. The first kappa shape index (κ1) is 24.7. The molecule has 0 unspecified atom stereocenters. The monoisotopic (exact) mass is 519 g/mol. The molecule has 0 saturated carbocycles. The van der Waals surface area contributed by atoms with Gasteiger partial charge in [-0.05, 0) is 42.6 Å². The third-order valence-electron chi connectivity index (χ3n) is 6.97. The molecule has 1 N–H and O–H groups in total. The van der Waals surface area contributed by atoms with Crippen molar-refractivity contribution in [3.05, 3.63) is 76.8 Å². The van der Waals surface area contributed by atoms with Gasteiger partial charge in [0.1, 0.15) is 33.3 Å². The number of rotatable bonds is 8. The van der Waals surface area contributed by atoms with Crippen LogP contribution in [0.1, 0.15) is 28.5 Å². The SMILES string of the molecule is COc1ccc(CN2C(=O)c3cc4ccsc4n3C[C@@]2(C)C(=O)NCc2ccccc2OC)c(OC)c1. The zero-order valence-electron chi connectivity index (χ0n) is 21.2. The van der Waals surface area contributed by atoms with Gasteiger partial charge in [-0.2, -0.15) is 0 Å². The van der Waals surface area contributed by atoms with Gasteiger partial charge in [0.15, 0.2) is 0 Å². The fourth-order valence-electron chi connectivity index (χ4n) is 4.87. The van der Waals surface area contributed by atoms with Crippen molar-refractivity contribution in [1.82, 2.24) is 14.8 Å². The van der Waals surface area contributed by atoms with E-state index in [1.54, 1.807) is 43.6 Å². The minimum atomic E-state index is -1.16. The molecule has 0 saturated heterocycles. The number of amides is 2. The number of thiophene rings is 1. The van der Waals surface area contributed by atoms with Crippen LogP contribution >= 0.6 is 11.3 Å². The first-order chi connectivity index (χ1) is 17.9. The number of hydrogen-bond acceptors (Lipinski definition) is 6. The second kappa shape index (κ2) is 9.82. The van der Waals surface area contributed by atoms with E-state index in [1.807, 2.05) is 65.4 Å². The Labute approximate surface area is 219 Å². The van der Waals surface area contributed by atoms with E-state index < -0.39 is 5.54 Å². The molecule has 1 aliphatic heterocycles. The minimum absolute atomic E-state index is 0.198. The molecular formula is C28H29N3O5S. The van der Waals surface area contributed by atoms with Crippen molar-refractivity contribution in [2.24, 2.45) is 0 Å². The summed E-state index contributed by atoms with van der Waals surface area (Å²) >= 11 is 1.56. The van der Waals surface area contributed by atoms with Gasteiger partial charge >= 0.3 is 0 Å². The number of benzene rings is 2. The van der Waals surface area contributed by atoms with E-state index in [0.717, 1.165) is 21.3 Å². The van der Waals surface area contributed by atoms with Gasteiger partial charge in [0.2, 0.25) is 5.91 Å². The quantitative estimate of drug-likeness (QED) is 0.372. The van der Waals surface area contributed by atoms with E-state index in [0.29, 0.717) is 29.5 Å². The van der Waals surface area contributed by atoms with Crippen molar-refractivity contribution < 1.29 is 23.8 Å². The van der Waals surface area contributed by atoms with Gasteiger partial charge in [-0.3, -0.25) is 9.59 Å². The van der Waals surface area contributed by atoms with E-state index in [4.69, 9.17) is 14.2 Å². The van der Waals surface area contributed by atoms with Crippen LogP contribution in [0.4, 0.5) is 0 Å². The Bertz CT molecular complexity index is 1480. The predicted octanol–water partition coefficient (Wildman–Crippen LogP) is 4.46. The number of ether oxygens (including phenoxy) is 3. The third-order valence-corrected chi connectivity index (χ3v) is 7.92. The summed E-state index contributed by atoms with van der Waals surface area (Å²) in [6.45, 7) is 2.62. The lowest BCUT2D eigenvalue weighted by Crippen LogP contribution is -2.63. The van der Waals surface area contributed by atoms with Crippen molar-refractivity contribution in [1.29, 1.82) is 0 Å². The number of nitrogens with zero attached hydrogens (tertiary/aromatic N) is 2. The summed E-state index contributed by atoms with van der Waals surface area (Å²) in [7, 11) is 4.77. The number of carbonyl (C=O) groups excluding carboxylic acids is 2. The van der Waals surface area contributed by atoms with E-state index in [-0.39, 0.29) is 24.9 Å². The number of fused-ring (bicyclic) bond motifs is 3. The molecule has 37 heavy (non-hydrogen) atoms. The molecule has 2 aromatic carbocycles. The maximum atomic E-state index is 14.0. The molecule has 2 aromatic heterocycles. The van der Waals surface area contributed by atoms with Crippen LogP contribution in [0.5, 0.6) is 17.2 Å². The Morgan fingerprint density at radius 2 is 1.78 bits per heavy atom. The average molecular weight is 520 g/mol. The largest absolute Gasteiger partial charge is 0.497 e. The van der Waals surface area contributed by atoms with E-state index in [1.165, 1.54) is 0 Å². The molecule has 5 rings (SSSR count). The number of nitrogens with one attached hydrogen (secondary N) is 1. The Hall–Kier alpha value is -3.98. The standard InChI is InChI=1S/C28H29N3O5S/c1-28(27(33)29-15-19-7-5-6-8-23(19)35-3)17-30-22(13-18-11-12-37-26(18)30)25(32)31(28)16-20-9-10-21(34-2)14-24(20)36-4/h5-14H,15-17H2,1-4H3,(H,29,33)/t28-/m0/s1. The fourth-order valence-corrected chi connectivity index (χ4v) is 5.77. The summed E-state index contributed by atoms with van der Waals surface area (Å²) < 4.78 is 18.3. The highest BCUT2D eigenvalue weighted by molar-refractivity contribution is 7.16. The van der Waals surface area contributed by atoms with Crippen LogP contribution in [0.2, 0.25) is 0 Å². The predicted molar refractivity (Wildman–Crippen MR) is 142 cm³/mol. The van der Waals surface area contributed by atoms with E-state index >= 15 is 0 Å². The first-order valence-electron chi connectivity index (χ1n) is 11.9. The molecular weight excluding hydrogens is 490 g/mol. The van der Waals surface area contributed by atoms with Crippen LogP contribution in [0.15, 0.2) is 60.0 Å². The number of hydrogen-bond donors (Lipinski definition) is 1. The van der Waals surface area contributed by atoms with Gasteiger partial charge in [-0.15, -0.1) is 11.3 Å².